The molecule has 0 radical (unpaired) electrons. The summed E-state index contributed by atoms with van der Waals surface area (Å²) in [4.78, 5) is 23.4. The molecule has 0 aliphatic carbocycles. The summed E-state index contributed by atoms with van der Waals surface area (Å²) in [5.74, 6) is -0.562. The fourth-order valence-corrected chi connectivity index (χ4v) is 2.60. The van der Waals surface area contributed by atoms with Gasteiger partial charge in [0.25, 0.3) is 5.91 Å². The lowest BCUT2D eigenvalue weighted by Gasteiger charge is -2.13. The highest BCUT2D eigenvalue weighted by atomic mass is 35.5. The zero-order valence-electron chi connectivity index (χ0n) is 14.2. The molecule has 0 aliphatic heterocycles. The van der Waals surface area contributed by atoms with Gasteiger partial charge < -0.3 is 14.8 Å². The molecule has 0 aromatic heterocycles. The Kier molecular flexibility index (Phi) is 7.75. The van der Waals surface area contributed by atoms with Gasteiger partial charge in [-0.2, -0.15) is 0 Å². The average molecular weight is 396 g/mol. The summed E-state index contributed by atoms with van der Waals surface area (Å²) in [7, 11) is 0. The number of ether oxygens (including phenoxy) is 2. The number of benzene rings is 2. The van der Waals surface area contributed by atoms with Crippen LogP contribution in [0.1, 0.15) is 18.4 Å². The summed E-state index contributed by atoms with van der Waals surface area (Å²) >= 11 is 11.7. The molecular weight excluding hydrogens is 377 g/mol. The molecule has 138 valence electrons. The van der Waals surface area contributed by atoms with Crippen molar-refractivity contribution in [3.05, 3.63) is 64.1 Å². The van der Waals surface area contributed by atoms with Gasteiger partial charge in [0.2, 0.25) is 0 Å². The van der Waals surface area contributed by atoms with Gasteiger partial charge in [-0.3, -0.25) is 4.79 Å². The Morgan fingerprint density at radius 1 is 1.08 bits per heavy atom. The molecule has 0 bridgehead atoms. The van der Waals surface area contributed by atoms with E-state index < -0.39 is 5.97 Å². The van der Waals surface area contributed by atoms with E-state index in [9.17, 15) is 9.59 Å². The first-order valence-corrected chi connectivity index (χ1v) is 8.76. The molecule has 0 fully saturated rings. The van der Waals surface area contributed by atoms with Crippen molar-refractivity contribution in [2.24, 2.45) is 0 Å². The van der Waals surface area contributed by atoms with Gasteiger partial charge in [-0.05, 0) is 29.7 Å². The normalized spacial score (nSPS) is 11.5. The number of esters is 1. The molecule has 0 heterocycles. The van der Waals surface area contributed by atoms with Crippen LogP contribution in [0.4, 0.5) is 0 Å². The smallest absolute Gasteiger partial charge is 0.344 e. The zero-order valence-corrected chi connectivity index (χ0v) is 15.7. The standard InChI is InChI=1S/C19H19Cl2NO4/c1-13(14-5-3-2-4-6-14)10-22-18(23)11-26-19(24)12-25-17-8-7-15(20)9-16(17)21/h2-9,13H,10-12H2,1H3,(H,22,23)/t13-/m0/s1. The number of nitrogens with one attached hydrogen (secondary N) is 1. The van der Waals surface area contributed by atoms with Crippen molar-refractivity contribution in [2.45, 2.75) is 12.8 Å². The topological polar surface area (TPSA) is 64.6 Å². The predicted octanol–water partition coefficient (Wildman–Crippen LogP) is 3.84. The summed E-state index contributed by atoms with van der Waals surface area (Å²) in [5.41, 5.74) is 1.12. The molecule has 0 saturated carbocycles. The van der Waals surface area contributed by atoms with Crippen molar-refractivity contribution < 1.29 is 19.1 Å². The molecule has 0 aliphatic rings. The lowest BCUT2D eigenvalue weighted by Crippen LogP contribution is -2.32. The SMILES string of the molecule is C[C@@H](CNC(=O)COC(=O)COc1ccc(Cl)cc1Cl)c1ccccc1. The molecule has 2 rings (SSSR count). The van der Waals surface area contributed by atoms with Crippen LogP contribution < -0.4 is 10.1 Å². The third-order valence-corrected chi connectivity index (χ3v) is 4.11. The Hall–Kier alpha value is -2.24. The highest BCUT2D eigenvalue weighted by Crippen LogP contribution is 2.27. The maximum atomic E-state index is 11.8. The van der Waals surface area contributed by atoms with Crippen LogP contribution in [0.2, 0.25) is 10.0 Å². The van der Waals surface area contributed by atoms with Crippen molar-refractivity contribution >= 4 is 35.1 Å². The maximum Gasteiger partial charge on any atom is 0.344 e. The van der Waals surface area contributed by atoms with E-state index in [4.69, 9.17) is 32.7 Å². The summed E-state index contributed by atoms with van der Waals surface area (Å²) in [6.07, 6.45) is 0. The molecule has 5 nitrogen and oxygen atoms in total. The maximum absolute atomic E-state index is 11.8. The van der Waals surface area contributed by atoms with Gasteiger partial charge in [0.1, 0.15) is 5.75 Å². The van der Waals surface area contributed by atoms with Crippen LogP contribution >= 0.6 is 23.2 Å². The Morgan fingerprint density at radius 3 is 2.50 bits per heavy atom. The van der Waals surface area contributed by atoms with E-state index in [1.165, 1.54) is 6.07 Å². The molecule has 2 aromatic carbocycles. The number of hydrogen-bond acceptors (Lipinski definition) is 4. The number of amides is 1. The Bertz CT molecular complexity index is 752. The van der Waals surface area contributed by atoms with Crippen molar-refractivity contribution in [3.63, 3.8) is 0 Å². The first kappa shape index (κ1) is 20.1. The predicted molar refractivity (Wildman–Crippen MR) is 101 cm³/mol. The third-order valence-electron chi connectivity index (χ3n) is 3.58. The Morgan fingerprint density at radius 2 is 1.81 bits per heavy atom. The monoisotopic (exact) mass is 395 g/mol. The Labute approximate surface area is 162 Å². The molecule has 1 N–H and O–H groups in total. The van der Waals surface area contributed by atoms with Crippen LogP contribution in [0.15, 0.2) is 48.5 Å². The molecule has 26 heavy (non-hydrogen) atoms. The number of carbonyl (C=O) groups is 2. The molecular formula is C19H19Cl2NO4. The van der Waals surface area contributed by atoms with Gasteiger partial charge in [0.05, 0.1) is 5.02 Å². The molecule has 0 saturated heterocycles. The van der Waals surface area contributed by atoms with E-state index in [0.29, 0.717) is 17.3 Å². The second-order valence-corrected chi connectivity index (χ2v) is 6.48. The van der Waals surface area contributed by atoms with Crippen LogP contribution in [-0.2, 0) is 14.3 Å². The summed E-state index contributed by atoms with van der Waals surface area (Å²) in [5, 5.41) is 3.49. The minimum absolute atomic E-state index is 0.159. The van der Waals surface area contributed by atoms with Crippen LogP contribution in [-0.4, -0.2) is 31.6 Å². The Balaban J connectivity index is 1.67. The third kappa shape index (κ3) is 6.58. The van der Waals surface area contributed by atoms with Crippen LogP contribution in [0, 0.1) is 0 Å². The fraction of sp³-hybridized carbons (Fsp3) is 0.263. The van der Waals surface area contributed by atoms with E-state index in [-0.39, 0.29) is 30.1 Å². The van der Waals surface area contributed by atoms with Gasteiger partial charge in [-0.25, -0.2) is 4.79 Å². The van der Waals surface area contributed by atoms with Crippen molar-refractivity contribution in [2.75, 3.05) is 19.8 Å². The fourth-order valence-electron chi connectivity index (χ4n) is 2.13. The van der Waals surface area contributed by atoms with Crippen LogP contribution in [0.5, 0.6) is 5.75 Å². The van der Waals surface area contributed by atoms with E-state index in [1.807, 2.05) is 37.3 Å². The van der Waals surface area contributed by atoms with Crippen LogP contribution in [0.25, 0.3) is 0 Å². The van der Waals surface area contributed by atoms with Crippen molar-refractivity contribution in [3.8, 4) is 5.75 Å². The van der Waals surface area contributed by atoms with E-state index in [1.54, 1.807) is 12.1 Å². The molecule has 0 unspecified atom stereocenters. The summed E-state index contributed by atoms with van der Waals surface area (Å²) in [6, 6.07) is 14.5. The quantitative estimate of drug-likeness (QED) is 0.689. The van der Waals surface area contributed by atoms with E-state index in [0.717, 1.165) is 5.56 Å². The first-order valence-electron chi connectivity index (χ1n) is 8.01. The number of carbonyl (C=O) groups excluding carboxylic acids is 2. The second-order valence-electron chi connectivity index (χ2n) is 5.64. The number of hydrogen-bond donors (Lipinski definition) is 1. The molecule has 1 atom stereocenters. The lowest BCUT2D eigenvalue weighted by atomic mass is 10.0. The van der Waals surface area contributed by atoms with Gasteiger partial charge in [0.15, 0.2) is 13.2 Å². The van der Waals surface area contributed by atoms with Gasteiger partial charge in [-0.1, -0.05) is 60.5 Å². The minimum Gasteiger partial charge on any atom is -0.480 e. The van der Waals surface area contributed by atoms with Gasteiger partial charge in [0, 0.05) is 11.6 Å². The average Bonchev–Trinajstić information content (AvgIpc) is 2.64. The van der Waals surface area contributed by atoms with Crippen molar-refractivity contribution in [1.29, 1.82) is 0 Å². The molecule has 7 heteroatoms. The summed E-state index contributed by atoms with van der Waals surface area (Å²) in [6.45, 7) is 1.75. The number of rotatable bonds is 8. The molecule has 2 aromatic rings. The summed E-state index contributed by atoms with van der Waals surface area (Å²) < 4.78 is 10.1. The van der Waals surface area contributed by atoms with Crippen LogP contribution in [0.3, 0.4) is 0 Å². The van der Waals surface area contributed by atoms with E-state index >= 15 is 0 Å². The highest BCUT2D eigenvalue weighted by Gasteiger charge is 2.11. The molecule has 0 spiro atoms. The van der Waals surface area contributed by atoms with Crippen molar-refractivity contribution in [1.82, 2.24) is 5.32 Å². The zero-order chi connectivity index (χ0) is 18.9. The lowest BCUT2D eigenvalue weighted by molar-refractivity contribution is -0.150. The molecule has 1 amide bonds. The second kappa shape index (κ2) is 10.0. The van der Waals surface area contributed by atoms with Gasteiger partial charge >= 0.3 is 5.97 Å². The largest absolute Gasteiger partial charge is 0.480 e. The van der Waals surface area contributed by atoms with Gasteiger partial charge in [-0.15, -0.1) is 0 Å². The van der Waals surface area contributed by atoms with E-state index in [2.05, 4.69) is 5.32 Å². The minimum atomic E-state index is -0.665. The number of halogens is 2. The highest BCUT2D eigenvalue weighted by molar-refractivity contribution is 6.35. The first-order chi connectivity index (χ1) is 12.5.